The maximum absolute atomic E-state index is 12.3. The van der Waals surface area contributed by atoms with Crippen molar-refractivity contribution >= 4 is 11.6 Å². The summed E-state index contributed by atoms with van der Waals surface area (Å²) in [6, 6.07) is 10.5. The van der Waals surface area contributed by atoms with Crippen LogP contribution in [0.15, 0.2) is 55.1 Å². The molecule has 2 heterocycles. The Bertz CT molecular complexity index is 812. The van der Waals surface area contributed by atoms with E-state index in [-0.39, 0.29) is 5.91 Å². The first-order valence-electron chi connectivity index (χ1n) is 7.44. The third kappa shape index (κ3) is 2.35. The molecule has 1 fully saturated rings. The minimum Gasteiger partial charge on any atom is -0.350 e. The van der Waals surface area contributed by atoms with Crippen molar-refractivity contribution in [2.45, 2.75) is 12.3 Å². The first-order valence-corrected chi connectivity index (χ1v) is 7.44. The number of carbonyl (C=O) groups excluding carboxylic acids is 1. The number of fused-ring (bicyclic) bond motifs is 1. The minimum atomic E-state index is -0.157. The van der Waals surface area contributed by atoms with Crippen LogP contribution in [-0.4, -0.2) is 26.8 Å². The normalized spacial score (nSPS) is 20.0. The summed E-state index contributed by atoms with van der Waals surface area (Å²) in [7, 11) is 0. The third-order valence-corrected chi connectivity index (χ3v) is 4.20. The largest absolute Gasteiger partial charge is 0.350 e. The molecule has 2 aromatic heterocycles. The van der Waals surface area contributed by atoms with E-state index in [9.17, 15) is 4.79 Å². The smallest absolute Gasteiger partial charge is 0.273 e. The minimum absolute atomic E-state index is 0.157. The van der Waals surface area contributed by atoms with Crippen LogP contribution in [-0.2, 0) is 0 Å². The van der Waals surface area contributed by atoms with Gasteiger partial charge in [0.15, 0.2) is 11.3 Å². The molecule has 1 aliphatic carbocycles. The van der Waals surface area contributed by atoms with Crippen LogP contribution in [0.3, 0.4) is 0 Å². The number of nitrogens with zero attached hydrogens (tertiary/aromatic N) is 3. The number of imidazole rings is 1. The molecule has 4 rings (SSSR count). The van der Waals surface area contributed by atoms with E-state index in [1.165, 1.54) is 5.56 Å². The molecule has 110 valence electrons. The molecule has 0 spiro atoms. The number of carbonyl (C=O) groups is 1. The summed E-state index contributed by atoms with van der Waals surface area (Å²) in [6.07, 6.45) is 8.00. The molecule has 0 saturated heterocycles. The summed E-state index contributed by atoms with van der Waals surface area (Å²) in [5.41, 5.74) is 2.33. The fourth-order valence-electron chi connectivity index (χ4n) is 2.90. The predicted molar refractivity (Wildman–Crippen MR) is 82.6 cm³/mol. The molecular weight excluding hydrogens is 276 g/mol. The van der Waals surface area contributed by atoms with Crippen LogP contribution in [0.2, 0.25) is 0 Å². The topological polar surface area (TPSA) is 59.3 Å². The van der Waals surface area contributed by atoms with Gasteiger partial charge < -0.3 is 9.72 Å². The number of hydrogen-bond donors (Lipinski definition) is 1. The lowest BCUT2D eigenvalue weighted by atomic mass is 10.1. The Labute approximate surface area is 128 Å². The molecule has 0 unspecified atom stereocenters. The van der Waals surface area contributed by atoms with Gasteiger partial charge in [-0.05, 0) is 23.8 Å². The summed E-state index contributed by atoms with van der Waals surface area (Å²) in [5, 5.41) is 2.99. The lowest BCUT2D eigenvalue weighted by Gasteiger charge is -2.05. The lowest BCUT2D eigenvalue weighted by Crippen LogP contribution is -2.27. The zero-order valence-electron chi connectivity index (χ0n) is 12.0. The Kier molecular flexibility index (Phi) is 3.11. The maximum Gasteiger partial charge on any atom is 0.273 e. The lowest BCUT2D eigenvalue weighted by molar-refractivity contribution is 0.0948. The van der Waals surface area contributed by atoms with Crippen LogP contribution in [0.25, 0.3) is 5.65 Å². The second-order valence-corrected chi connectivity index (χ2v) is 5.66. The molecule has 0 aliphatic heterocycles. The average molecular weight is 292 g/mol. The number of hydrogen-bond acceptors (Lipinski definition) is 3. The van der Waals surface area contributed by atoms with Crippen LogP contribution >= 0.6 is 0 Å². The SMILES string of the molecule is O=C(NC[C@@H]1C[C@@H]1c1ccccc1)c1nccn2ccnc12. The van der Waals surface area contributed by atoms with E-state index in [0.29, 0.717) is 29.7 Å². The molecule has 1 N–H and O–H groups in total. The average Bonchev–Trinajstić information content (AvgIpc) is 3.19. The number of rotatable bonds is 4. The number of aromatic nitrogens is 3. The monoisotopic (exact) mass is 292 g/mol. The van der Waals surface area contributed by atoms with Crippen molar-refractivity contribution in [3.63, 3.8) is 0 Å². The fourth-order valence-corrected chi connectivity index (χ4v) is 2.90. The molecule has 5 heteroatoms. The molecule has 1 aliphatic rings. The highest BCUT2D eigenvalue weighted by Crippen LogP contribution is 2.46. The molecule has 2 atom stereocenters. The van der Waals surface area contributed by atoms with Crippen molar-refractivity contribution in [1.82, 2.24) is 19.7 Å². The summed E-state index contributed by atoms with van der Waals surface area (Å²) in [6.45, 7) is 0.682. The van der Waals surface area contributed by atoms with Gasteiger partial charge in [0.05, 0.1) is 0 Å². The van der Waals surface area contributed by atoms with E-state index in [4.69, 9.17) is 0 Å². The number of benzene rings is 1. The summed E-state index contributed by atoms with van der Waals surface area (Å²) in [4.78, 5) is 20.6. The van der Waals surface area contributed by atoms with E-state index >= 15 is 0 Å². The molecule has 5 nitrogen and oxygen atoms in total. The quantitative estimate of drug-likeness (QED) is 0.802. The molecule has 0 radical (unpaired) electrons. The first kappa shape index (κ1) is 13.0. The van der Waals surface area contributed by atoms with Crippen LogP contribution in [0.1, 0.15) is 28.4 Å². The standard InChI is InChI=1S/C17H16N4O/c22-17(15-16-19-7-9-21(16)8-6-18-15)20-11-13-10-14(13)12-4-2-1-3-5-12/h1-9,13-14H,10-11H2,(H,20,22)/t13-,14+/m0/s1. The van der Waals surface area contributed by atoms with E-state index in [1.54, 1.807) is 29.2 Å². The maximum atomic E-state index is 12.3. The number of nitrogens with one attached hydrogen (secondary N) is 1. The highest BCUT2D eigenvalue weighted by atomic mass is 16.1. The summed E-state index contributed by atoms with van der Waals surface area (Å²) < 4.78 is 1.80. The first-order chi connectivity index (χ1) is 10.8. The van der Waals surface area contributed by atoms with E-state index in [0.717, 1.165) is 6.42 Å². The van der Waals surface area contributed by atoms with Crippen molar-refractivity contribution in [1.29, 1.82) is 0 Å². The molecule has 1 aromatic carbocycles. The number of amides is 1. The van der Waals surface area contributed by atoms with Gasteiger partial charge in [0.1, 0.15) is 0 Å². The second-order valence-electron chi connectivity index (χ2n) is 5.66. The Morgan fingerprint density at radius 3 is 2.77 bits per heavy atom. The van der Waals surface area contributed by atoms with Gasteiger partial charge >= 0.3 is 0 Å². The zero-order chi connectivity index (χ0) is 14.9. The van der Waals surface area contributed by atoms with Crippen molar-refractivity contribution in [3.05, 3.63) is 66.4 Å². The van der Waals surface area contributed by atoms with Gasteiger partial charge in [-0.15, -0.1) is 0 Å². The highest BCUT2D eigenvalue weighted by molar-refractivity contribution is 5.97. The van der Waals surface area contributed by atoms with Gasteiger partial charge in [-0.3, -0.25) is 4.79 Å². The van der Waals surface area contributed by atoms with Crippen molar-refractivity contribution in [3.8, 4) is 0 Å². The molecule has 1 amide bonds. The van der Waals surface area contributed by atoms with Crippen LogP contribution in [0.5, 0.6) is 0 Å². The zero-order valence-corrected chi connectivity index (χ0v) is 12.0. The predicted octanol–water partition coefficient (Wildman–Crippen LogP) is 2.26. The second kappa shape index (κ2) is 5.26. The molecule has 22 heavy (non-hydrogen) atoms. The summed E-state index contributed by atoms with van der Waals surface area (Å²) >= 11 is 0. The highest BCUT2D eigenvalue weighted by Gasteiger charge is 2.38. The fraction of sp³-hybridized carbons (Fsp3) is 0.235. The van der Waals surface area contributed by atoms with E-state index < -0.39 is 0 Å². The Balaban J connectivity index is 1.41. The van der Waals surface area contributed by atoms with Crippen molar-refractivity contribution in [2.75, 3.05) is 6.54 Å². The molecule has 1 saturated carbocycles. The van der Waals surface area contributed by atoms with Gasteiger partial charge in [-0.2, -0.15) is 0 Å². The van der Waals surface area contributed by atoms with Crippen LogP contribution < -0.4 is 5.32 Å². The van der Waals surface area contributed by atoms with Gasteiger partial charge in [0.25, 0.3) is 5.91 Å². The molecule has 0 bridgehead atoms. The summed E-state index contributed by atoms with van der Waals surface area (Å²) in [5.74, 6) is 0.929. The van der Waals surface area contributed by atoms with Gasteiger partial charge in [0.2, 0.25) is 0 Å². The van der Waals surface area contributed by atoms with Gasteiger partial charge in [-0.25, -0.2) is 9.97 Å². The van der Waals surface area contributed by atoms with Gasteiger partial charge in [-0.1, -0.05) is 30.3 Å². The van der Waals surface area contributed by atoms with Gasteiger partial charge in [0, 0.05) is 31.3 Å². The van der Waals surface area contributed by atoms with E-state index in [2.05, 4.69) is 39.6 Å². The van der Waals surface area contributed by atoms with Crippen LogP contribution in [0, 0.1) is 5.92 Å². The van der Waals surface area contributed by atoms with Crippen molar-refractivity contribution in [2.24, 2.45) is 5.92 Å². The Hall–Kier alpha value is -2.69. The Morgan fingerprint density at radius 2 is 1.95 bits per heavy atom. The molecule has 3 aromatic rings. The van der Waals surface area contributed by atoms with E-state index in [1.807, 2.05) is 6.07 Å². The molecular formula is C17H16N4O. The third-order valence-electron chi connectivity index (χ3n) is 4.20. The van der Waals surface area contributed by atoms with Crippen molar-refractivity contribution < 1.29 is 4.79 Å². The Morgan fingerprint density at radius 1 is 1.18 bits per heavy atom. The van der Waals surface area contributed by atoms with Crippen LogP contribution in [0.4, 0.5) is 0 Å².